The van der Waals surface area contributed by atoms with Gasteiger partial charge in [0.25, 0.3) is 5.91 Å². The Labute approximate surface area is 157 Å². The van der Waals surface area contributed by atoms with Crippen molar-refractivity contribution in [3.63, 3.8) is 0 Å². The van der Waals surface area contributed by atoms with Gasteiger partial charge in [-0.2, -0.15) is 0 Å². The highest BCUT2D eigenvalue weighted by Crippen LogP contribution is 2.17. The molecule has 146 valence electrons. The van der Waals surface area contributed by atoms with Crippen molar-refractivity contribution in [3.05, 3.63) is 34.3 Å². The zero-order valence-electron chi connectivity index (χ0n) is 16.2. The molecule has 1 N–H and O–H groups in total. The van der Waals surface area contributed by atoms with Crippen LogP contribution in [-0.2, 0) is 7.05 Å². The zero-order chi connectivity index (χ0) is 19.8. The fourth-order valence-corrected chi connectivity index (χ4v) is 3.01. The number of amides is 3. The summed E-state index contributed by atoms with van der Waals surface area (Å²) < 4.78 is 6.56. The highest BCUT2D eigenvalue weighted by Gasteiger charge is 2.26. The van der Waals surface area contributed by atoms with Gasteiger partial charge in [0, 0.05) is 45.3 Å². The van der Waals surface area contributed by atoms with E-state index >= 15 is 0 Å². The third kappa shape index (κ3) is 4.15. The van der Waals surface area contributed by atoms with Gasteiger partial charge in [-0.15, -0.1) is 0 Å². The molecule has 0 spiro atoms. The van der Waals surface area contributed by atoms with E-state index in [2.05, 4.69) is 26.1 Å². The number of carbonyl (C=O) groups is 2. The number of benzene rings is 1. The minimum Gasteiger partial charge on any atom is -0.408 e. The van der Waals surface area contributed by atoms with Crippen LogP contribution in [0.15, 0.2) is 27.4 Å². The Morgan fingerprint density at radius 1 is 1.11 bits per heavy atom. The predicted molar refractivity (Wildman–Crippen MR) is 102 cm³/mol. The second-order valence-electron chi connectivity index (χ2n) is 8.11. The van der Waals surface area contributed by atoms with Gasteiger partial charge in [-0.3, -0.25) is 9.36 Å². The fraction of sp³-hybridized carbons (Fsp3) is 0.526. The molecule has 1 aromatic carbocycles. The van der Waals surface area contributed by atoms with Gasteiger partial charge in [0.15, 0.2) is 5.58 Å². The van der Waals surface area contributed by atoms with Gasteiger partial charge in [-0.05, 0) is 23.6 Å². The molecule has 8 nitrogen and oxygen atoms in total. The van der Waals surface area contributed by atoms with Crippen molar-refractivity contribution in [2.75, 3.05) is 32.7 Å². The van der Waals surface area contributed by atoms with E-state index in [4.69, 9.17) is 4.42 Å². The largest absolute Gasteiger partial charge is 0.419 e. The van der Waals surface area contributed by atoms with E-state index in [0.717, 1.165) is 0 Å². The monoisotopic (exact) mass is 374 g/mol. The first-order chi connectivity index (χ1) is 12.7. The second-order valence-corrected chi connectivity index (χ2v) is 8.11. The van der Waals surface area contributed by atoms with Crippen LogP contribution in [0.3, 0.4) is 0 Å². The number of nitrogens with one attached hydrogen (secondary N) is 1. The Hall–Kier alpha value is -2.77. The van der Waals surface area contributed by atoms with Gasteiger partial charge in [0.05, 0.1) is 5.52 Å². The lowest BCUT2D eigenvalue weighted by Crippen LogP contribution is -2.53. The molecule has 8 heteroatoms. The van der Waals surface area contributed by atoms with Gasteiger partial charge < -0.3 is 19.5 Å². The number of nitrogens with zero attached hydrogens (tertiary/aromatic N) is 3. The summed E-state index contributed by atoms with van der Waals surface area (Å²) in [5.74, 6) is -0.581. The number of oxazole rings is 1. The average Bonchev–Trinajstić information content (AvgIpc) is 2.92. The summed E-state index contributed by atoms with van der Waals surface area (Å²) in [6, 6.07) is 4.91. The SMILES string of the molecule is Cn1c(=O)oc2cc(C(=O)N3CCN(C(=O)NCC(C)(C)C)CC3)ccc21. The van der Waals surface area contributed by atoms with Crippen LogP contribution < -0.4 is 11.1 Å². The summed E-state index contributed by atoms with van der Waals surface area (Å²) >= 11 is 0. The molecule has 2 heterocycles. The number of carbonyl (C=O) groups excluding carboxylic acids is 2. The van der Waals surface area contributed by atoms with Crippen molar-refractivity contribution in [1.82, 2.24) is 19.7 Å². The van der Waals surface area contributed by atoms with E-state index in [9.17, 15) is 14.4 Å². The van der Waals surface area contributed by atoms with Gasteiger partial charge in [-0.25, -0.2) is 9.59 Å². The van der Waals surface area contributed by atoms with Gasteiger partial charge in [0.1, 0.15) is 0 Å². The molecule has 2 aromatic rings. The number of piperazine rings is 1. The van der Waals surface area contributed by atoms with Gasteiger partial charge in [-0.1, -0.05) is 20.8 Å². The van der Waals surface area contributed by atoms with Crippen LogP contribution in [0.4, 0.5) is 4.79 Å². The molecular weight excluding hydrogens is 348 g/mol. The number of aryl methyl sites for hydroxylation is 1. The van der Waals surface area contributed by atoms with Crippen molar-refractivity contribution < 1.29 is 14.0 Å². The lowest BCUT2D eigenvalue weighted by molar-refractivity contribution is 0.0664. The molecule has 0 unspecified atom stereocenters. The molecule has 27 heavy (non-hydrogen) atoms. The van der Waals surface area contributed by atoms with Crippen molar-refractivity contribution in [3.8, 4) is 0 Å². The van der Waals surface area contributed by atoms with Crippen molar-refractivity contribution in [1.29, 1.82) is 0 Å². The molecule has 0 aliphatic carbocycles. The Kier molecular flexibility index (Phi) is 4.99. The second kappa shape index (κ2) is 7.09. The van der Waals surface area contributed by atoms with Gasteiger partial charge in [0.2, 0.25) is 0 Å². The molecule has 3 amide bonds. The smallest absolute Gasteiger partial charge is 0.408 e. The molecule has 0 atom stereocenters. The maximum absolute atomic E-state index is 12.7. The van der Waals surface area contributed by atoms with Crippen molar-refractivity contribution in [2.24, 2.45) is 12.5 Å². The molecule has 3 rings (SSSR count). The van der Waals surface area contributed by atoms with E-state index in [1.165, 1.54) is 4.57 Å². The number of fused-ring (bicyclic) bond motifs is 1. The third-order valence-corrected chi connectivity index (χ3v) is 4.66. The molecule has 0 saturated carbocycles. The predicted octanol–water partition coefficient (Wildman–Crippen LogP) is 1.64. The summed E-state index contributed by atoms with van der Waals surface area (Å²) in [7, 11) is 1.62. The average molecular weight is 374 g/mol. The van der Waals surface area contributed by atoms with Crippen LogP contribution in [0.1, 0.15) is 31.1 Å². The van der Waals surface area contributed by atoms with E-state index in [0.29, 0.717) is 49.4 Å². The first kappa shape index (κ1) is 19.0. The lowest BCUT2D eigenvalue weighted by Gasteiger charge is -2.35. The Bertz CT molecular complexity index is 914. The first-order valence-corrected chi connectivity index (χ1v) is 9.07. The topological polar surface area (TPSA) is 87.8 Å². The Balaban J connectivity index is 1.61. The third-order valence-electron chi connectivity index (χ3n) is 4.66. The highest BCUT2D eigenvalue weighted by molar-refractivity contribution is 5.97. The standard InChI is InChI=1S/C19H26N4O4/c1-19(2,3)12-20-17(25)23-9-7-22(8-10-23)16(24)13-5-6-14-15(11-13)27-18(26)21(14)4/h5-6,11H,7-10,12H2,1-4H3,(H,20,25). The lowest BCUT2D eigenvalue weighted by atomic mass is 9.97. The summed E-state index contributed by atoms with van der Waals surface area (Å²) in [6.07, 6.45) is 0. The van der Waals surface area contributed by atoms with Crippen LogP contribution >= 0.6 is 0 Å². The molecule has 1 saturated heterocycles. The Morgan fingerprint density at radius 3 is 2.37 bits per heavy atom. The Morgan fingerprint density at radius 2 is 1.74 bits per heavy atom. The van der Waals surface area contributed by atoms with E-state index in [1.807, 2.05) is 0 Å². The van der Waals surface area contributed by atoms with Crippen LogP contribution in [-0.4, -0.2) is 59.0 Å². The first-order valence-electron chi connectivity index (χ1n) is 9.07. The quantitative estimate of drug-likeness (QED) is 0.866. The van der Waals surface area contributed by atoms with Crippen LogP contribution in [0.2, 0.25) is 0 Å². The minimum atomic E-state index is -0.454. The maximum atomic E-state index is 12.7. The number of hydrogen-bond acceptors (Lipinski definition) is 4. The summed E-state index contributed by atoms with van der Waals surface area (Å²) in [4.78, 5) is 40.0. The summed E-state index contributed by atoms with van der Waals surface area (Å²) in [6.45, 7) is 8.72. The molecule has 0 radical (unpaired) electrons. The van der Waals surface area contributed by atoms with E-state index in [1.54, 1.807) is 35.0 Å². The number of hydrogen-bond donors (Lipinski definition) is 1. The van der Waals surface area contributed by atoms with Crippen LogP contribution in [0.25, 0.3) is 11.1 Å². The molecule has 1 aromatic heterocycles. The van der Waals surface area contributed by atoms with E-state index in [-0.39, 0.29) is 17.4 Å². The maximum Gasteiger partial charge on any atom is 0.419 e. The highest BCUT2D eigenvalue weighted by atomic mass is 16.4. The van der Waals surface area contributed by atoms with Crippen molar-refractivity contribution in [2.45, 2.75) is 20.8 Å². The molecule has 0 bridgehead atoms. The summed E-state index contributed by atoms with van der Waals surface area (Å²) in [5, 5.41) is 2.94. The number of aromatic nitrogens is 1. The molecular formula is C19H26N4O4. The van der Waals surface area contributed by atoms with Crippen LogP contribution in [0.5, 0.6) is 0 Å². The van der Waals surface area contributed by atoms with Gasteiger partial charge >= 0.3 is 11.8 Å². The summed E-state index contributed by atoms with van der Waals surface area (Å²) in [5.41, 5.74) is 1.55. The molecule has 1 aliphatic rings. The van der Waals surface area contributed by atoms with E-state index < -0.39 is 5.76 Å². The zero-order valence-corrected chi connectivity index (χ0v) is 16.2. The fourth-order valence-electron chi connectivity index (χ4n) is 3.01. The number of rotatable bonds is 2. The van der Waals surface area contributed by atoms with Crippen molar-refractivity contribution >= 4 is 23.0 Å². The minimum absolute atomic E-state index is 0.0263. The normalized spacial score (nSPS) is 15.3. The van der Waals surface area contributed by atoms with Crippen LogP contribution in [0, 0.1) is 5.41 Å². The molecule has 1 aliphatic heterocycles. The number of urea groups is 1. The molecule has 1 fully saturated rings.